The monoisotopic (exact) mass is 368 g/mol. The number of benzene rings is 2. The second-order valence-electron chi connectivity index (χ2n) is 6.46. The number of methoxy groups -OCH3 is 2. The van der Waals surface area contributed by atoms with Gasteiger partial charge in [-0.15, -0.1) is 0 Å². The van der Waals surface area contributed by atoms with Gasteiger partial charge in [-0.3, -0.25) is 9.59 Å². The van der Waals surface area contributed by atoms with Crippen molar-refractivity contribution >= 4 is 17.5 Å². The minimum absolute atomic E-state index is 0.0181. The van der Waals surface area contributed by atoms with Gasteiger partial charge in [0.25, 0.3) is 11.8 Å². The van der Waals surface area contributed by atoms with Crippen molar-refractivity contribution in [3.05, 3.63) is 53.6 Å². The van der Waals surface area contributed by atoms with Crippen LogP contribution in [0.1, 0.15) is 40.0 Å². The maximum atomic E-state index is 12.7. The Morgan fingerprint density at radius 1 is 0.889 bits per heavy atom. The summed E-state index contributed by atoms with van der Waals surface area (Å²) in [5.41, 5.74) is 1.56. The van der Waals surface area contributed by atoms with Gasteiger partial charge in [0.05, 0.1) is 14.2 Å². The summed E-state index contributed by atoms with van der Waals surface area (Å²) >= 11 is 0. The fourth-order valence-corrected chi connectivity index (χ4v) is 3.19. The number of nitrogens with one attached hydrogen (secondary N) is 1. The van der Waals surface area contributed by atoms with Crippen LogP contribution in [-0.4, -0.2) is 44.0 Å². The molecule has 0 unspecified atom stereocenters. The van der Waals surface area contributed by atoms with Crippen molar-refractivity contribution in [3.63, 3.8) is 0 Å². The molecule has 0 saturated carbocycles. The molecule has 2 aromatic rings. The van der Waals surface area contributed by atoms with E-state index in [0.29, 0.717) is 28.3 Å². The van der Waals surface area contributed by atoms with E-state index in [2.05, 4.69) is 5.32 Å². The Kier molecular flexibility index (Phi) is 5.96. The molecule has 0 atom stereocenters. The van der Waals surface area contributed by atoms with E-state index in [0.717, 1.165) is 32.4 Å². The molecule has 0 bridgehead atoms. The Labute approximate surface area is 159 Å². The molecule has 27 heavy (non-hydrogen) atoms. The summed E-state index contributed by atoms with van der Waals surface area (Å²) in [5.74, 6) is 0.819. The Morgan fingerprint density at radius 3 is 2.30 bits per heavy atom. The average molecular weight is 368 g/mol. The van der Waals surface area contributed by atoms with Gasteiger partial charge in [0.15, 0.2) is 11.5 Å². The lowest BCUT2D eigenvalue weighted by atomic mass is 10.1. The van der Waals surface area contributed by atoms with Crippen molar-refractivity contribution in [2.24, 2.45) is 0 Å². The van der Waals surface area contributed by atoms with E-state index in [9.17, 15) is 9.59 Å². The van der Waals surface area contributed by atoms with Crippen LogP contribution in [-0.2, 0) is 0 Å². The number of likely N-dealkylation sites (tertiary alicyclic amines) is 1. The van der Waals surface area contributed by atoms with Gasteiger partial charge in [-0.2, -0.15) is 0 Å². The van der Waals surface area contributed by atoms with Crippen LogP contribution in [0.25, 0.3) is 0 Å². The molecule has 6 nitrogen and oxygen atoms in total. The second-order valence-corrected chi connectivity index (χ2v) is 6.46. The predicted molar refractivity (Wildman–Crippen MR) is 104 cm³/mol. The van der Waals surface area contributed by atoms with Crippen LogP contribution in [0.2, 0.25) is 0 Å². The largest absolute Gasteiger partial charge is 0.493 e. The molecule has 2 amide bonds. The van der Waals surface area contributed by atoms with Crippen LogP contribution in [0.4, 0.5) is 5.69 Å². The third-order valence-corrected chi connectivity index (χ3v) is 4.66. The number of carbonyl (C=O) groups excluding carboxylic acids is 2. The number of amides is 2. The number of ether oxygens (including phenoxy) is 2. The zero-order valence-corrected chi connectivity index (χ0v) is 15.7. The van der Waals surface area contributed by atoms with Gasteiger partial charge >= 0.3 is 0 Å². The Morgan fingerprint density at radius 2 is 1.59 bits per heavy atom. The first kappa shape index (κ1) is 18.8. The quantitative estimate of drug-likeness (QED) is 0.876. The molecule has 1 fully saturated rings. The Bertz CT molecular complexity index is 829. The molecule has 0 radical (unpaired) electrons. The van der Waals surface area contributed by atoms with Crippen LogP contribution < -0.4 is 14.8 Å². The predicted octanol–water partition coefficient (Wildman–Crippen LogP) is 3.58. The van der Waals surface area contributed by atoms with E-state index in [1.165, 1.54) is 0 Å². The van der Waals surface area contributed by atoms with E-state index in [-0.39, 0.29) is 11.8 Å². The van der Waals surface area contributed by atoms with E-state index in [4.69, 9.17) is 9.47 Å². The highest BCUT2D eigenvalue weighted by Gasteiger charge is 2.19. The van der Waals surface area contributed by atoms with Crippen molar-refractivity contribution in [1.29, 1.82) is 0 Å². The molecule has 0 spiro atoms. The van der Waals surface area contributed by atoms with Crippen molar-refractivity contribution < 1.29 is 19.1 Å². The number of hydrogen-bond donors (Lipinski definition) is 1. The molecule has 1 heterocycles. The second kappa shape index (κ2) is 8.58. The Hall–Kier alpha value is -3.02. The highest BCUT2D eigenvalue weighted by Crippen LogP contribution is 2.30. The van der Waals surface area contributed by atoms with Crippen molar-refractivity contribution in [1.82, 2.24) is 4.90 Å². The summed E-state index contributed by atoms with van der Waals surface area (Å²) in [6, 6.07) is 12.0. The highest BCUT2D eigenvalue weighted by atomic mass is 16.5. The first-order valence-corrected chi connectivity index (χ1v) is 9.05. The first-order valence-electron chi connectivity index (χ1n) is 9.05. The molecule has 2 aromatic carbocycles. The minimum atomic E-state index is -0.282. The molecule has 1 aliphatic rings. The maximum Gasteiger partial charge on any atom is 0.255 e. The van der Waals surface area contributed by atoms with Crippen LogP contribution in [0, 0.1) is 0 Å². The summed E-state index contributed by atoms with van der Waals surface area (Å²) in [5, 5.41) is 2.83. The number of piperidine rings is 1. The first-order chi connectivity index (χ1) is 13.1. The summed E-state index contributed by atoms with van der Waals surface area (Å²) in [6.07, 6.45) is 3.23. The SMILES string of the molecule is COc1ccc(NC(=O)c2cccc(C(=O)N3CCCCC3)c2)cc1OC. The molecule has 1 saturated heterocycles. The van der Waals surface area contributed by atoms with Gasteiger partial charge in [-0.1, -0.05) is 6.07 Å². The number of hydrogen-bond acceptors (Lipinski definition) is 4. The van der Waals surface area contributed by atoms with Gasteiger partial charge in [-0.05, 0) is 49.6 Å². The molecule has 142 valence electrons. The van der Waals surface area contributed by atoms with Gasteiger partial charge in [0.1, 0.15) is 0 Å². The van der Waals surface area contributed by atoms with Crippen LogP contribution in [0.15, 0.2) is 42.5 Å². The van der Waals surface area contributed by atoms with Crippen LogP contribution in [0.3, 0.4) is 0 Å². The number of nitrogens with zero attached hydrogens (tertiary/aromatic N) is 1. The summed E-state index contributed by atoms with van der Waals surface area (Å²) < 4.78 is 10.5. The van der Waals surface area contributed by atoms with Crippen LogP contribution >= 0.6 is 0 Å². The Balaban J connectivity index is 1.74. The fraction of sp³-hybridized carbons (Fsp3) is 0.333. The lowest BCUT2D eigenvalue weighted by molar-refractivity contribution is 0.0724. The summed E-state index contributed by atoms with van der Waals surface area (Å²) in [7, 11) is 3.10. The molecule has 6 heteroatoms. The number of carbonyl (C=O) groups is 2. The van der Waals surface area contributed by atoms with Crippen molar-refractivity contribution in [2.75, 3.05) is 32.6 Å². The highest BCUT2D eigenvalue weighted by molar-refractivity contribution is 6.06. The van der Waals surface area contributed by atoms with E-state index >= 15 is 0 Å². The normalized spacial score (nSPS) is 13.8. The summed E-state index contributed by atoms with van der Waals surface area (Å²) in [6.45, 7) is 1.56. The van der Waals surface area contributed by atoms with Gasteiger partial charge < -0.3 is 19.7 Å². The smallest absolute Gasteiger partial charge is 0.255 e. The molecular formula is C21H24N2O4. The zero-order chi connectivity index (χ0) is 19.2. The van der Waals surface area contributed by atoms with Crippen molar-refractivity contribution in [2.45, 2.75) is 19.3 Å². The van der Waals surface area contributed by atoms with Crippen LogP contribution in [0.5, 0.6) is 11.5 Å². The molecule has 3 rings (SSSR count). The third kappa shape index (κ3) is 4.39. The lowest BCUT2D eigenvalue weighted by Crippen LogP contribution is -2.35. The fourth-order valence-electron chi connectivity index (χ4n) is 3.19. The third-order valence-electron chi connectivity index (χ3n) is 4.66. The number of anilines is 1. The van der Waals surface area contributed by atoms with E-state index < -0.39 is 0 Å². The minimum Gasteiger partial charge on any atom is -0.493 e. The van der Waals surface area contributed by atoms with Gasteiger partial charge in [-0.25, -0.2) is 0 Å². The van der Waals surface area contributed by atoms with Crippen molar-refractivity contribution in [3.8, 4) is 11.5 Å². The van der Waals surface area contributed by atoms with Gasteiger partial charge in [0, 0.05) is 36.0 Å². The van der Waals surface area contributed by atoms with E-state index in [1.54, 1.807) is 56.7 Å². The standard InChI is InChI=1S/C21H24N2O4/c1-26-18-10-9-17(14-19(18)27-2)22-20(24)15-7-6-8-16(13-15)21(25)23-11-4-3-5-12-23/h6-10,13-14H,3-5,11-12H2,1-2H3,(H,22,24). The topological polar surface area (TPSA) is 67.9 Å². The maximum absolute atomic E-state index is 12.7. The zero-order valence-electron chi connectivity index (χ0n) is 15.7. The molecular weight excluding hydrogens is 344 g/mol. The average Bonchev–Trinajstić information content (AvgIpc) is 2.73. The molecule has 1 N–H and O–H groups in total. The number of rotatable bonds is 5. The van der Waals surface area contributed by atoms with Gasteiger partial charge in [0.2, 0.25) is 0 Å². The molecule has 0 aromatic heterocycles. The lowest BCUT2D eigenvalue weighted by Gasteiger charge is -2.26. The summed E-state index contributed by atoms with van der Waals surface area (Å²) in [4.78, 5) is 27.1. The molecule has 1 aliphatic heterocycles. The molecule has 0 aliphatic carbocycles. The van der Waals surface area contributed by atoms with E-state index in [1.807, 2.05) is 4.90 Å².